The molecule has 3 unspecified atom stereocenters. The van der Waals surface area contributed by atoms with E-state index in [4.69, 9.17) is 0 Å². The Labute approximate surface area is 95.0 Å². The van der Waals surface area contributed by atoms with Gasteiger partial charge in [-0.05, 0) is 50.4 Å². The molecular formula is C14H27N. The van der Waals surface area contributed by atoms with Gasteiger partial charge in [-0.2, -0.15) is 0 Å². The maximum absolute atomic E-state index is 3.87. The molecule has 0 saturated heterocycles. The van der Waals surface area contributed by atoms with Gasteiger partial charge in [-0.1, -0.05) is 26.7 Å². The van der Waals surface area contributed by atoms with E-state index in [9.17, 15) is 0 Å². The molecule has 0 heterocycles. The first-order valence-corrected chi connectivity index (χ1v) is 6.93. The normalized spacial score (nSPS) is 34.4. The van der Waals surface area contributed by atoms with Gasteiger partial charge in [0.25, 0.3) is 0 Å². The van der Waals surface area contributed by atoms with Crippen LogP contribution >= 0.6 is 0 Å². The van der Waals surface area contributed by atoms with E-state index in [1.807, 2.05) is 0 Å². The summed E-state index contributed by atoms with van der Waals surface area (Å²) in [5, 5.41) is 3.87. The van der Waals surface area contributed by atoms with Gasteiger partial charge in [0.15, 0.2) is 0 Å². The van der Waals surface area contributed by atoms with Crippen molar-refractivity contribution in [3.05, 3.63) is 0 Å². The number of hydrogen-bond acceptors (Lipinski definition) is 1. The second-order valence-corrected chi connectivity index (χ2v) is 6.16. The van der Waals surface area contributed by atoms with E-state index in [0.717, 1.165) is 29.8 Å². The van der Waals surface area contributed by atoms with Gasteiger partial charge in [0.1, 0.15) is 0 Å². The number of rotatable bonds is 4. The van der Waals surface area contributed by atoms with E-state index in [1.165, 1.54) is 38.5 Å². The molecular weight excluding hydrogens is 182 g/mol. The maximum Gasteiger partial charge on any atom is 0.00723 e. The lowest BCUT2D eigenvalue weighted by atomic mass is 9.79. The minimum absolute atomic E-state index is 0.779. The van der Waals surface area contributed by atoms with Crippen molar-refractivity contribution in [2.45, 2.75) is 71.4 Å². The molecule has 3 atom stereocenters. The Balaban J connectivity index is 1.76. The predicted molar refractivity (Wildman–Crippen MR) is 65.9 cm³/mol. The second kappa shape index (κ2) is 4.86. The predicted octanol–water partition coefficient (Wildman–Crippen LogP) is 3.59. The molecule has 1 nitrogen and oxygen atoms in total. The Morgan fingerprint density at radius 3 is 2.27 bits per heavy atom. The monoisotopic (exact) mass is 209 g/mol. The van der Waals surface area contributed by atoms with Crippen molar-refractivity contribution < 1.29 is 0 Å². The van der Waals surface area contributed by atoms with Gasteiger partial charge >= 0.3 is 0 Å². The smallest absolute Gasteiger partial charge is 0.00723 e. The van der Waals surface area contributed by atoms with E-state index in [-0.39, 0.29) is 0 Å². The minimum atomic E-state index is 0.779. The Hall–Kier alpha value is -0.0400. The lowest BCUT2D eigenvalue weighted by Gasteiger charge is -2.34. The Morgan fingerprint density at radius 1 is 0.933 bits per heavy atom. The highest BCUT2D eigenvalue weighted by atomic mass is 15.0. The van der Waals surface area contributed by atoms with E-state index >= 15 is 0 Å². The molecule has 2 rings (SSSR count). The van der Waals surface area contributed by atoms with Crippen LogP contribution in [0.5, 0.6) is 0 Å². The topological polar surface area (TPSA) is 12.0 Å². The molecule has 88 valence electrons. The highest BCUT2D eigenvalue weighted by Crippen LogP contribution is 2.35. The van der Waals surface area contributed by atoms with Crippen LogP contribution in [0.3, 0.4) is 0 Å². The Kier molecular flexibility index (Phi) is 3.71. The van der Waals surface area contributed by atoms with Crippen LogP contribution in [-0.4, -0.2) is 12.1 Å². The van der Waals surface area contributed by atoms with E-state index in [2.05, 4.69) is 26.1 Å². The van der Waals surface area contributed by atoms with Crippen molar-refractivity contribution >= 4 is 0 Å². The second-order valence-electron chi connectivity index (χ2n) is 6.16. The van der Waals surface area contributed by atoms with Crippen LogP contribution in [0.2, 0.25) is 0 Å². The minimum Gasteiger partial charge on any atom is -0.311 e. The zero-order valence-corrected chi connectivity index (χ0v) is 10.6. The van der Waals surface area contributed by atoms with Crippen LogP contribution in [0.15, 0.2) is 0 Å². The highest BCUT2D eigenvalue weighted by molar-refractivity contribution is 4.88. The summed E-state index contributed by atoms with van der Waals surface area (Å²) in [5.74, 6) is 2.86. The average molecular weight is 209 g/mol. The van der Waals surface area contributed by atoms with Crippen LogP contribution in [0.1, 0.15) is 59.3 Å². The van der Waals surface area contributed by atoms with Crippen molar-refractivity contribution in [1.29, 1.82) is 0 Å². The zero-order chi connectivity index (χ0) is 10.8. The van der Waals surface area contributed by atoms with Gasteiger partial charge < -0.3 is 5.32 Å². The SMILES string of the molecule is CC(C)C1CCCC(NC(C)C2CC2)C1. The molecule has 15 heavy (non-hydrogen) atoms. The van der Waals surface area contributed by atoms with Gasteiger partial charge in [0, 0.05) is 12.1 Å². The van der Waals surface area contributed by atoms with Crippen molar-refractivity contribution in [3.8, 4) is 0 Å². The van der Waals surface area contributed by atoms with E-state index in [1.54, 1.807) is 0 Å². The first-order valence-electron chi connectivity index (χ1n) is 6.93. The van der Waals surface area contributed by atoms with Gasteiger partial charge in [-0.25, -0.2) is 0 Å². The molecule has 2 aliphatic carbocycles. The summed E-state index contributed by atoms with van der Waals surface area (Å²) in [6.07, 6.45) is 8.68. The van der Waals surface area contributed by atoms with Gasteiger partial charge in [0.05, 0.1) is 0 Å². The number of hydrogen-bond donors (Lipinski definition) is 1. The third kappa shape index (κ3) is 3.21. The first kappa shape index (κ1) is 11.4. The molecule has 0 aromatic heterocycles. The summed E-state index contributed by atoms with van der Waals surface area (Å²) < 4.78 is 0. The number of nitrogens with one attached hydrogen (secondary N) is 1. The fraction of sp³-hybridized carbons (Fsp3) is 1.00. The summed E-state index contributed by atoms with van der Waals surface area (Å²) >= 11 is 0. The molecule has 0 aromatic carbocycles. The molecule has 0 aliphatic heterocycles. The van der Waals surface area contributed by atoms with Crippen LogP contribution < -0.4 is 5.32 Å². The van der Waals surface area contributed by atoms with Crippen LogP contribution in [0.25, 0.3) is 0 Å². The van der Waals surface area contributed by atoms with Crippen molar-refractivity contribution in [1.82, 2.24) is 5.32 Å². The standard InChI is InChI=1S/C14H27N/c1-10(2)13-5-4-6-14(9-13)15-11(3)12-7-8-12/h10-15H,4-9H2,1-3H3. The lowest BCUT2D eigenvalue weighted by molar-refractivity contribution is 0.218. The molecule has 1 N–H and O–H groups in total. The van der Waals surface area contributed by atoms with E-state index < -0.39 is 0 Å². The molecule has 2 saturated carbocycles. The summed E-state index contributed by atoms with van der Waals surface area (Å²) in [7, 11) is 0. The summed E-state index contributed by atoms with van der Waals surface area (Å²) in [6, 6.07) is 1.60. The first-order chi connectivity index (χ1) is 7.16. The largest absolute Gasteiger partial charge is 0.311 e. The van der Waals surface area contributed by atoms with Crippen LogP contribution in [0.4, 0.5) is 0 Å². The molecule has 0 radical (unpaired) electrons. The third-order valence-electron chi connectivity index (χ3n) is 4.49. The Morgan fingerprint density at radius 2 is 1.67 bits per heavy atom. The van der Waals surface area contributed by atoms with E-state index in [0.29, 0.717) is 0 Å². The Bertz CT molecular complexity index is 194. The summed E-state index contributed by atoms with van der Waals surface area (Å²) in [6.45, 7) is 7.16. The third-order valence-corrected chi connectivity index (χ3v) is 4.49. The molecule has 0 amide bonds. The average Bonchev–Trinajstić information content (AvgIpc) is 3.01. The molecule has 2 aliphatic rings. The summed E-state index contributed by atoms with van der Waals surface area (Å²) in [5.41, 5.74) is 0. The lowest BCUT2D eigenvalue weighted by Crippen LogP contribution is -2.41. The molecule has 0 spiro atoms. The van der Waals surface area contributed by atoms with Crippen LogP contribution in [-0.2, 0) is 0 Å². The molecule has 0 bridgehead atoms. The molecule has 1 heteroatoms. The van der Waals surface area contributed by atoms with Crippen molar-refractivity contribution in [2.24, 2.45) is 17.8 Å². The van der Waals surface area contributed by atoms with Gasteiger partial charge in [0.2, 0.25) is 0 Å². The van der Waals surface area contributed by atoms with Gasteiger partial charge in [-0.15, -0.1) is 0 Å². The zero-order valence-electron chi connectivity index (χ0n) is 10.6. The quantitative estimate of drug-likeness (QED) is 0.746. The van der Waals surface area contributed by atoms with Gasteiger partial charge in [-0.3, -0.25) is 0 Å². The van der Waals surface area contributed by atoms with Crippen molar-refractivity contribution in [3.63, 3.8) is 0 Å². The fourth-order valence-corrected chi connectivity index (χ4v) is 3.09. The molecule has 2 fully saturated rings. The highest BCUT2D eigenvalue weighted by Gasteiger charge is 2.31. The van der Waals surface area contributed by atoms with Crippen molar-refractivity contribution in [2.75, 3.05) is 0 Å². The van der Waals surface area contributed by atoms with Crippen LogP contribution in [0, 0.1) is 17.8 Å². The molecule has 0 aromatic rings. The summed E-state index contributed by atoms with van der Waals surface area (Å²) in [4.78, 5) is 0. The fourth-order valence-electron chi connectivity index (χ4n) is 3.09. The maximum atomic E-state index is 3.87.